The predicted octanol–water partition coefficient (Wildman–Crippen LogP) is 4.40. The molecule has 2 heterocycles. The van der Waals surface area contributed by atoms with E-state index in [2.05, 4.69) is 46.9 Å². The Morgan fingerprint density at radius 3 is 2.48 bits per heavy atom. The minimum Gasteiger partial charge on any atom is -0.371 e. The summed E-state index contributed by atoms with van der Waals surface area (Å²) in [5.74, 6) is 0. The summed E-state index contributed by atoms with van der Waals surface area (Å²) in [6.07, 6.45) is 3.48. The number of aliphatic hydroxyl groups is 1. The Balaban J connectivity index is 1.87. The topological polar surface area (TPSA) is 46.0 Å². The second-order valence-electron chi connectivity index (χ2n) is 6.18. The van der Waals surface area contributed by atoms with Gasteiger partial charge in [-0.15, -0.1) is 12.6 Å². The van der Waals surface area contributed by atoms with Gasteiger partial charge in [0.25, 0.3) is 0 Å². The molecular weight excluding hydrogens is 328 g/mol. The summed E-state index contributed by atoms with van der Waals surface area (Å²) < 4.78 is 0. The summed E-state index contributed by atoms with van der Waals surface area (Å²) in [6, 6.07) is 20.0. The zero-order chi connectivity index (χ0) is 17.0. The molecule has 120 valence electrons. The van der Waals surface area contributed by atoms with Crippen LogP contribution in [0.1, 0.15) is 11.1 Å². The van der Waals surface area contributed by atoms with Crippen molar-refractivity contribution in [1.29, 1.82) is 0 Å². The standard InChI is InChI=1S/C21H14N2OS/c24-21(25)17-9-4-11-22-19(17)20-18(21)16(10-12-23-20)15-8-3-6-13-5-1-2-7-14(13)15/h1-12,24-25H. The maximum atomic E-state index is 11.2. The first-order valence-corrected chi connectivity index (χ1v) is 8.51. The van der Waals surface area contributed by atoms with Crippen molar-refractivity contribution in [2.75, 3.05) is 0 Å². The first-order valence-electron chi connectivity index (χ1n) is 8.06. The van der Waals surface area contributed by atoms with Crippen molar-refractivity contribution < 1.29 is 5.11 Å². The molecule has 0 fully saturated rings. The lowest BCUT2D eigenvalue weighted by molar-refractivity contribution is 0.189. The van der Waals surface area contributed by atoms with Crippen LogP contribution in [0, 0.1) is 0 Å². The Hall–Kier alpha value is -2.69. The van der Waals surface area contributed by atoms with Crippen LogP contribution in [0.15, 0.2) is 73.1 Å². The maximum Gasteiger partial charge on any atom is 0.163 e. The Kier molecular flexibility index (Phi) is 3.02. The molecule has 0 bridgehead atoms. The molecule has 1 N–H and O–H groups in total. The first-order chi connectivity index (χ1) is 12.2. The van der Waals surface area contributed by atoms with Gasteiger partial charge in [-0.25, -0.2) is 0 Å². The van der Waals surface area contributed by atoms with Crippen molar-refractivity contribution in [3.8, 4) is 22.5 Å². The van der Waals surface area contributed by atoms with E-state index in [-0.39, 0.29) is 0 Å². The number of nitrogens with zero attached hydrogens (tertiary/aromatic N) is 2. The highest BCUT2D eigenvalue weighted by Crippen LogP contribution is 2.51. The molecule has 4 aromatic rings. The molecule has 0 spiro atoms. The van der Waals surface area contributed by atoms with Crippen molar-refractivity contribution in [3.63, 3.8) is 0 Å². The number of pyridine rings is 2. The van der Waals surface area contributed by atoms with Crippen LogP contribution in [0.3, 0.4) is 0 Å². The average molecular weight is 342 g/mol. The highest BCUT2D eigenvalue weighted by Gasteiger charge is 2.42. The molecule has 4 heteroatoms. The SMILES string of the molecule is OC1(S)c2cccnc2-c2nccc(-c3cccc4ccccc34)c21. The van der Waals surface area contributed by atoms with Crippen LogP contribution in [-0.4, -0.2) is 15.1 Å². The summed E-state index contributed by atoms with van der Waals surface area (Å²) in [5.41, 5.74) is 4.74. The van der Waals surface area contributed by atoms with E-state index < -0.39 is 4.93 Å². The second-order valence-corrected chi connectivity index (χ2v) is 6.83. The van der Waals surface area contributed by atoms with E-state index >= 15 is 0 Å². The van der Waals surface area contributed by atoms with Gasteiger partial charge in [0.1, 0.15) is 0 Å². The minimum atomic E-state index is -1.42. The van der Waals surface area contributed by atoms with Crippen molar-refractivity contribution >= 4 is 23.4 Å². The van der Waals surface area contributed by atoms with Crippen LogP contribution < -0.4 is 0 Å². The molecule has 2 aromatic carbocycles. The molecule has 0 amide bonds. The maximum absolute atomic E-state index is 11.2. The van der Waals surface area contributed by atoms with Gasteiger partial charge in [-0.3, -0.25) is 9.97 Å². The largest absolute Gasteiger partial charge is 0.371 e. The molecular formula is C21H14N2OS. The summed E-state index contributed by atoms with van der Waals surface area (Å²) >= 11 is 4.60. The molecule has 3 nitrogen and oxygen atoms in total. The second kappa shape index (κ2) is 5.15. The van der Waals surface area contributed by atoms with Crippen molar-refractivity contribution in [2.45, 2.75) is 4.93 Å². The third-order valence-corrected chi connectivity index (χ3v) is 5.25. The number of fused-ring (bicyclic) bond motifs is 4. The van der Waals surface area contributed by atoms with E-state index in [9.17, 15) is 5.11 Å². The van der Waals surface area contributed by atoms with Crippen LogP contribution >= 0.6 is 12.6 Å². The van der Waals surface area contributed by atoms with E-state index in [1.54, 1.807) is 12.4 Å². The molecule has 0 saturated heterocycles. The molecule has 0 radical (unpaired) electrons. The molecule has 1 atom stereocenters. The zero-order valence-corrected chi connectivity index (χ0v) is 14.1. The van der Waals surface area contributed by atoms with Gasteiger partial charge < -0.3 is 5.11 Å². The predicted molar refractivity (Wildman–Crippen MR) is 102 cm³/mol. The van der Waals surface area contributed by atoms with E-state index in [1.807, 2.05) is 36.4 Å². The highest BCUT2D eigenvalue weighted by molar-refractivity contribution is 7.81. The quantitative estimate of drug-likeness (QED) is 0.398. The van der Waals surface area contributed by atoms with Crippen LogP contribution in [0.5, 0.6) is 0 Å². The Bertz CT molecular complexity index is 1130. The zero-order valence-electron chi connectivity index (χ0n) is 13.2. The third kappa shape index (κ3) is 1.98. The Morgan fingerprint density at radius 2 is 1.56 bits per heavy atom. The highest BCUT2D eigenvalue weighted by atomic mass is 32.1. The molecule has 2 aromatic heterocycles. The van der Waals surface area contributed by atoms with Gasteiger partial charge >= 0.3 is 0 Å². The van der Waals surface area contributed by atoms with E-state index in [0.29, 0.717) is 22.5 Å². The summed E-state index contributed by atoms with van der Waals surface area (Å²) in [7, 11) is 0. The number of rotatable bonds is 1. The van der Waals surface area contributed by atoms with E-state index in [0.717, 1.165) is 21.9 Å². The average Bonchev–Trinajstić information content (AvgIpc) is 2.90. The van der Waals surface area contributed by atoms with Gasteiger partial charge in [0.15, 0.2) is 4.93 Å². The van der Waals surface area contributed by atoms with E-state index in [4.69, 9.17) is 0 Å². The fraction of sp³-hybridized carbons (Fsp3) is 0.0476. The van der Waals surface area contributed by atoms with Gasteiger partial charge in [0.05, 0.1) is 11.4 Å². The number of hydrogen-bond donors (Lipinski definition) is 2. The lowest BCUT2D eigenvalue weighted by atomic mass is 9.93. The molecule has 1 aliphatic carbocycles. The molecule has 1 unspecified atom stereocenters. The number of hydrogen-bond acceptors (Lipinski definition) is 4. The van der Waals surface area contributed by atoms with Gasteiger partial charge in [0, 0.05) is 23.5 Å². The van der Waals surface area contributed by atoms with Gasteiger partial charge in [-0.2, -0.15) is 0 Å². The molecule has 0 saturated carbocycles. The lowest BCUT2D eigenvalue weighted by Crippen LogP contribution is -2.17. The Morgan fingerprint density at radius 1 is 0.760 bits per heavy atom. The monoisotopic (exact) mass is 342 g/mol. The van der Waals surface area contributed by atoms with Gasteiger partial charge in [0.2, 0.25) is 0 Å². The molecule has 25 heavy (non-hydrogen) atoms. The van der Waals surface area contributed by atoms with Crippen LogP contribution in [0.2, 0.25) is 0 Å². The van der Waals surface area contributed by atoms with Crippen LogP contribution in [0.4, 0.5) is 0 Å². The third-order valence-electron chi connectivity index (χ3n) is 4.79. The van der Waals surface area contributed by atoms with Crippen molar-refractivity contribution in [1.82, 2.24) is 9.97 Å². The Labute approximate surface area is 150 Å². The lowest BCUT2D eigenvalue weighted by Gasteiger charge is -2.21. The van der Waals surface area contributed by atoms with Crippen LogP contribution in [0.25, 0.3) is 33.3 Å². The number of thiol groups is 1. The number of benzene rings is 2. The molecule has 1 aliphatic rings. The fourth-order valence-electron chi connectivity index (χ4n) is 3.69. The molecule has 0 aliphatic heterocycles. The van der Waals surface area contributed by atoms with Crippen molar-refractivity contribution in [2.24, 2.45) is 0 Å². The smallest absolute Gasteiger partial charge is 0.163 e. The number of aromatic nitrogens is 2. The fourth-order valence-corrected chi connectivity index (χ4v) is 4.10. The summed E-state index contributed by atoms with van der Waals surface area (Å²) in [4.78, 5) is 7.50. The van der Waals surface area contributed by atoms with Gasteiger partial charge in [-0.1, -0.05) is 48.5 Å². The molecule has 5 rings (SSSR count). The van der Waals surface area contributed by atoms with Gasteiger partial charge in [-0.05, 0) is 34.0 Å². The normalized spacial score (nSPS) is 18.2. The summed E-state index contributed by atoms with van der Waals surface area (Å²) in [6.45, 7) is 0. The minimum absolute atomic E-state index is 0.675. The van der Waals surface area contributed by atoms with Crippen molar-refractivity contribution in [3.05, 3.63) is 84.2 Å². The summed E-state index contributed by atoms with van der Waals surface area (Å²) in [5, 5.41) is 13.5. The van der Waals surface area contributed by atoms with Crippen LogP contribution in [-0.2, 0) is 4.93 Å². The first kappa shape index (κ1) is 14.6. The van der Waals surface area contributed by atoms with E-state index in [1.165, 1.54) is 0 Å².